The molecule has 0 unspecified atom stereocenters. The number of hydrogen-bond donors (Lipinski definition) is 2. The molecule has 0 aliphatic heterocycles. The predicted molar refractivity (Wildman–Crippen MR) is 54.8 cm³/mol. The molecule has 74 valence electrons. The van der Waals surface area contributed by atoms with Gasteiger partial charge in [-0.2, -0.15) is 0 Å². The number of aromatic amines is 1. The molecule has 0 amide bonds. The molecule has 0 spiro atoms. The number of furan rings is 1. The van der Waals surface area contributed by atoms with Crippen LogP contribution in [0, 0.1) is 0 Å². The molecule has 0 fully saturated rings. The Balaban J connectivity index is 1.87. The van der Waals surface area contributed by atoms with E-state index in [1.807, 2.05) is 24.4 Å². The Hall–Kier alpha value is -1.48. The molecule has 1 atom stereocenters. The van der Waals surface area contributed by atoms with Gasteiger partial charge in [-0.3, -0.25) is 0 Å². The Bertz CT molecular complexity index is 351. The molecule has 3 nitrogen and oxygen atoms in total. The van der Waals surface area contributed by atoms with Crippen molar-refractivity contribution in [3.05, 3.63) is 48.2 Å². The van der Waals surface area contributed by atoms with Crippen LogP contribution in [0.1, 0.15) is 24.4 Å². The largest absolute Gasteiger partial charge is 0.468 e. The molecule has 0 aliphatic rings. The quantitative estimate of drug-likeness (QED) is 0.777. The summed E-state index contributed by atoms with van der Waals surface area (Å²) in [5, 5.41) is 3.36. The van der Waals surface area contributed by atoms with Crippen LogP contribution in [0.25, 0.3) is 0 Å². The fourth-order valence-electron chi connectivity index (χ4n) is 1.38. The molecule has 0 radical (unpaired) electrons. The lowest BCUT2D eigenvalue weighted by molar-refractivity contribution is 0.429. The summed E-state index contributed by atoms with van der Waals surface area (Å²) < 4.78 is 5.29. The van der Waals surface area contributed by atoms with Crippen LogP contribution in [-0.4, -0.2) is 4.98 Å². The van der Waals surface area contributed by atoms with E-state index < -0.39 is 0 Å². The maximum Gasteiger partial charge on any atom is 0.120 e. The first kappa shape index (κ1) is 9.09. The Kier molecular flexibility index (Phi) is 2.70. The third-order valence-electron chi connectivity index (χ3n) is 2.23. The molecule has 3 heteroatoms. The standard InChI is InChI=1S/C11H14N2O/c1-9(11-5-3-7-14-11)13-8-10-4-2-6-12-10/h2-7,9,12-13H,8H2,1H3/t9-/m0/s1. The molecule has 2 aromatic heterocycles. The van der Waals surface area contributed by atoms with Crippen molar-refractivity contribution in [3.63, 3.8) is 0 Å². The molecule has 0 aromatic carbocycles. The molecular formula is C11H14N2O. The van der Waals surface area contributed by atoms with Gasteiger partial charge in [-0.1, -0.05) is 0 Å². The smallest absolute Gasteiger partial charge is 0.120 e. The van der Waals surface area contributed by atoms with E-state index >= 15 is 0 Å². The van der Waals surface area contributed by atoms with Gasteiger partial charge in [0.05, 0.1) is 12.3 Å². The zero-order valence-electron chi connectivity index (χ0n) is 8.16. The van der Waals surface area contributed by atoms with E-state index in [-0.39, 0.29) is 6.04 Å². The van der Waals surface area contributed by atoms with Crippen molar-refractivity contribution in [2.45, 2.75) is 19.5 Å². The molecule has 2 aromatic rings. The molecular weight excluding hydrogens is 176 g/mol. The lowest BCUT2D eigenvalue weighted by atomic mass is 10.2. The van der Waals surface area contributed by atoms with Gasteiger partial charge >= 0.3 is 0 Å². The number of H-pyrrole nitrogens is 1. The average molecular weight is 190 g/mol. The van der Waals surface area contributed by atoms with E-state index in [1.165, 1.54) is 5.69 Å². The maximum atomic E-state index is 5.29. The fraction of sp³-hybridized carbons (Fsp3) is 0.273. The van der Waals surface area contributed by atoms with Gasteiger partial charge in [-0.05, 0) is 31.2 Å². The van der Waals surface area contributed by atoms with Gasteiger partial charge in [0.25, 0.3) is 0 Å². The zero-order valence-corrected chi connectivity index (χ0v) is 8.16. The first-order valence-corrected chi connectivity index (χ1v) is 4.75. The fourth-order valence-corrected chi connectivity index (χ4v) is 1.38. The lowest BCUT2D eigenvalue weighted by Gasteiger charge is -2.09. The number of aromatic nitrogens is 1. The van der Waals surface area contributed by atoms with E-state index in [0.29, 0.717) is 0 Å². The lowest BCUT2D eigenvalue weighted by Crippen LogP contribution is -2.17. The van der Waals surface area contributed by atoms with Crippen molar-refractivity contribution < 1.29 is 4.42 Å². The van der Waals surface area contributed by atoms with Crippen LogP contribution >= 0.6 is 0 Å². The molecule has 2 N–H and O–H groups in total. The summed E-state index contributed by atoms with van der Waals surface area (Å²) in [6.07, 6.45) is 3.62. The molecule has 14 heavy (non-hydrogen) atoms. The third-order valence-corrected chi connectivity index (χ3v) is 2.23. The minimum Gasteiger partial charge on any atom is -0.468 e. The highest BCUT2D eigenvalue weighted by atomic mass is 16.3. The highest BCUT2D eigenvalue weighted by Crippen LogP contribution is 2.12. The highest BCUT2D eigenvalue weighted by molar-refractivity contribution is 5.06. The van der Waals surface area contributed by atoms with Gasteiger partial charge in [0.15, 0.2) is 0 Å². The van der Waals surface area contributed by atoms with E-state index in [1.54, 1.807) is 6.26 Å². The van der Waals surface area contributed by atoms with Gasteiger partial charge in [-0.25, -0.2) is 0 Å². The summed E-state index contributed by atoms with van der Waals surface area (Å²) in [5.74, 6) is 0.969. The summed E-state index contributed by atoms with van der Waals surface area (Å²) in [7, 11) is 0. The average Bonchev–Trinajstić information content (AvgIpc) is 2.87. The van der Waals surface area contributed by atoms with Crippen molar-refractivity contribution in [1.29, 1.82) is 0 Å². The second-order valence-corrected chi connectivity index (χ2v) is 3.31. The van der Waals surface area contributed by atoms with Crippen LogP contribution in [0.3, 0.4) is 0 Å². The van der Waals surface area contributed by atoms with E-state index in [0.717, 1.165) is 12.3 Å². The van der Waals surface area contributed by atoms with E-state index in [9.17, 15) is 0 Å². The number of hydrogen-bond acceptors (Lipinski definition) is 2. The van der Waals surface area contributed by atoms with Crippen LogP contribution < -0.4 is 5.32 Å². The molecule has 0 aliphatic carbocycles. The number of rotatable bonds is 4. The highest BCUT2D eigenvalue weighted by Gasteiger charge is 2.06. The Morgan fingerprint density at radius 1 is 1.43 bits per heavy atom. The molecule has 2 heterocycles. The molecule has 0 saturated heterocycles. The van der Waals surface area contributed by atoms with Crippen molar-refractivity contribution >= 4 is 0 Å². The van der Waals surface area contributed by atoms with Crippen molar-refractivity contribution in [3.8, 4) is 0 Å². The second-order valence-electron chi connectivity index (χ2n) is 3.31. The van der Waals surface area contributed by atoms with Crippen molar-refractivity contribution in [2.24, 2.45) is 0 Å². The van der Waals surface area contributed by atoms with Gasteiger partial charge < -0.3 is 14.7 Å². The maximum absolute atomic E-state index is 5.29. The van der Waals surface area contributed by atoms with Crippen molar-refractivity contribution in [1.82, 2.24) is 10.3 Å². The monoisotopic (exact) mass is 190 g/mol. The van der Waals surface area contributed by atoms with Gasteiger partial charge in [0.1, 0.15) is 5.76 Å². The molecule has 0 saturated carbocycles. The van der Waals surface area contributed by atoms with Crippen LogP contribution in [0.2, 0.25) is 0 Å². The first-order chi connectivity index (χ1) is 6.86. The minimum absolute atomic E-state index is 0.244. The van der Waals surface area contributed by atoms with Gasteiger partial charge in [0, 0.05) is 18.4 Å². The van der Waals surface area contributed by atoms with Crippen molar-refractivity contribution in [2.75, 3.05) is 0 Å². The molecule has 0 bridgehead atoms. The Morgan fingerprint density at radius 3 is 3.00 bits per heavy atom. The van der Waals surface area contributed by atoms with Gasteiger partial charge in [-0.15, -0.1) is 0 Å². The van der Waals surface area contributed by atoms with E-state index in [4.69, 9.17) is 4.42 Å². The first-order valence-electron chi connectivity index (χ1n) is 4.75. The summed E-state index contributed by atoms with van der Waals surface area (Å²) in [4.78, 5) is 3.14. The summed E-state index contributed by atoms with van der Waals surface area (Å²) in [6.45, 7) is 2.91. The second kappa shape index (κ2) is 4.15. The summed E-state index contributed by atoms with van der Waals surface area (Å²) in [6, 6.07) is 8.18. The minimum atomic E-state index is 0.244. The SMILES string of the molecule is C[C@H](NCc1ccc[nH]1)c1ccco1. The third kappa shape index (κ3) is 2.06. The summed E-state index contributed by atoms with van der Waals surface area (Å²) >= 11 is 0. The van der Waals surface area contributed by atoms with Crippen LogP contribution in [0.4, 0.5) is 0 Å². The normalized spacial score (nSPS) is 12.9. The van der Waals surface area contributed by atoms with Crippen LogP contribution in [-0.2, 0) is 6.54 Å². The van der Waals surface area contributed by atoms with E-state index in [2.05, 4.69) is 23.3 Å². The summed E-state index contributed by atoms with van der Waals surface area (Å²) in [5.41, 5.74) is 1.18. The topological polar surface area (TPSA) is 41.0 Å². The molecule has 2 rings (SSSR count). The van der Waals surface area contributed by atoms with Crippen LogP contribution in [0.5, 0.6) is 0 Å². The zero-order chi connectivity index (χ0) is 9.80. The Labute approximate surface area is 83.1 Å². The Morgan fingerprint density at radius 2 is 2.36 bits per heavy atom. The number of nitrogens with one attached hydrogen (secondary N) is 2. The predicted octanol–water partition coefficient (Wildman–Crippen LogP) is 2.46. The van der Waals surface area contributed by atoms with Gasteiger partial charge in [0.2, 0.25) is 0 Å². The van der Waals surface area contributed by atoms with Crippen LogP contribution in [0.15, 0.2) is 41.1 Å².